The molecule has 2 heterocycles. The molecular formula is C16H18N4O5S. The van der Waals surface area contributed by atoms with Gasteiger partial charge in [-0.25, -0.2) is 8.42 Å². The summed E-state index contributed by atoms with van der Waals surface area (Å²) in [5.74, 6) is 0.133. The van der Waals surface area contributed by atoms with Gasteiger partial charge in [0.05, 0.1) is 11.4 Å². The number of benzene rings is 1. The van der Waals surface area contributed by atoms with E-state index in [-0.39, 0.29) is 24.2 Å². The fraction of sp³-hybridized carbons (Fsp3) is 0.312. The van der Waals surface area contributed by atoms with E-state index in [9.17, 15) is 13.2 Å². The maximum atomic E-state index is 12.7. The Morgan fingerprint density at radius 3 is 2.69 bits per heavy atom. The number of rotatable bonds is 7. The van der Waals surface area contributed by atoms with E-state index in [1.165, 1.54) is 34.8 Å². The van der Waals surface area contributed by atoms with Gasteiger partial charge in [-0.3, -0.25) is 4.79 Å². The number of hydrogen-bond donors (Lipinski definition) is 1. The predicted octanol–water partition coefficient (Wildman–Crippen LogP) is 0.183. The Kier molecular flexibility index (Phi) is 5.33. The van der Waals surface area contributed by atoms with Crippen LogP contribution >= 0.6 is 0 Å². The topological polar surface area (TPSA) is 125 Å². The maximum absolute atomic E-state index is 12.7. The van der Waals surface area contributed by atoms with E-state index in [2.05, 4.69) is 10.2 Å². The molecule has 1 aliphatic rings. The minimum absolute atomic E-state index is 0.143. The fourth-order valence-corrected chi connectivity index (χ4v) is 4.03. The summed E-state index contributed by atoms with van der Waals surface area (Å²) in [6, 6.07) is 9.21. The molecule has 2 aromatic rings. The quantitative estimate of drug-likeness (QED) is 0.729. The second-order valence-corrected chi connectivity index (χ2v) is 7.62. The monoisotopic (exact) mass is 378 g/mol. The van der Waals surface area contributed by atoms with Crippen LogP contribution in [0.1, 0.15) is 6.42 Å². The minimum atomic E-state index is -3.64. The van der Waals surface area contributed by atoms with Crippen LogP contribution in [0.25, 0.3) is 0 Å². The Morgan fingerprint density at radius 2 is 2.04 bits per heavy atom. The van der Waals surface area contributed by atoms with Crippen LogP contribution in [0.2, 0.25) is 0 Å². The first-order valence-electron chi connectivity index (χ1n) is 7.91. The van der Waals surface area contributed by atoms with Gasteiger partial charge in [-0.1, -0.05) is 0 Å². The zero-order valence-corrected chi connectivity index (χ0v) is 14.6. The Bertz CT molecular complexity index is 858. The van der Waals surface area contributed by atoms with Gasteiger partial charge in [0.15, 0.2) is 6.61 Å². The normalized spacial score (nSPS) is 17.8. The van der Waals surface area contributed by atoms with Gasteiger partial charge in [0, 0.05) is 18.8 Å². The summed E-state index contributed by atoms with van der Waals surface area (Å²) < 4.78 is 37.6. The third-order valence-electron chi connectivity index (χ3n) is 3.79. The number of primary amides is 1. The molecule has 0 bridgehead atoms. The second kappa shape index (κ2) is 7.67. The number of amides is 1. The third kappa shape index (κ3) is 4.27. The molecule has 0 saturated carbocycles. The van der Waals surface area contributed by atoms with E-state index >= 15 is 0 Å². The zero-order valence-electron chi connectivity index (χ0n) is 13.8. The van der Waals surface area contributed by atoms with Crippen molar-refractivity contribution in [3.63, 3.8) is 0 Å². The third-order valence-corrected chi connectivity index (χ3v) is 5.66. The van der Waals surface area contributed by atoms with Crippen molar-refractivity contribution in [2.24, 2.45) is 5.73 Å². The number of sulfonamides is 1. The van der Waals surface area contributed by atoms with E-state index in [4.69, 9.17) is 15.2 Å². The highest BCUT2D eigenvalue weighted by atomic mass is 32.2. The largest absolute Gasteiger partial charge is 0.484 e. The maximum Gasteiger partial charge on any atom is 0.255 e. The smallest absolute Gasteiger partial charge is 0.255 e. The molecule has 1 aliphatic heterocycles. The van der Waals surface area contributed by atoms with Gasteiger partial charge in [0.1, 0.15) is 11.9 Å². The number of nitrogens with two attached hydrogens (primary N) is 1. The van der Waals surface area contributed by atoms with Gasteiger partial charge in [-0.2, -0.15) is 9.40 Å². The van der Waals surface area contributed by atoms with Crippen molar-refractivity contribution in [2.45, 2.75) is 17.4 Å². The number of ether oxygens (including phenoxy) is 2. The molecule has 10 heteroatoms. The standard InChI is InChI=1S/C16H18N4O5S/c17-15(21)11-24-12-3-5-14(6-4-12)26(22,23)20-9-7-13(10-20)25-16-2-1-8-18-19-16/h1-6,8,13H,7,9-11H2,(H2,17,21)/t13-/m0/s1. The van der Waals surface area contributed by atoms with Crippen molar-refractivity contribution in [1.29, 1.82) is 0 Å². The Hall–Kier alpha value is -2.72. The van der Waals surface area contributed by atoms with Crippen molar-refractivity contribution in [3.05, 3.63) is 42.6 Å². The number of hydrogen-bond acceptors (Lipinski definition) is 7. The molecule has 0 radical (unpaired) electrons. The van der Waals surface area contributed by atoms with Crippen LogP contribution in [-0.2, 0) is 14.8 Å². The molecule has 26 heavy (non-hydrogen) atoms. The van der Waals surface area contributed by atoms with Crippen LogP contribution in [0.3, 0.4) is 0 Å². The van der Waals surface area contributed by atoms with Crippen LogP contribution in [0.15, 0.2) is 47.5 Å². The first-order chi connectivity index (χ1) is 12.4. The van der Waals surface area contributed by atoms with Gasteiger partial charge in [0.25, 0.3) is 5.91 Å². The molecule has 1 saturated heterocycles. The Morgan fingerprint density at radius 1 is 1.27 bits per heavy atom. The molecule has 1 aromatic heterocycles. The summed E-state index contributed by atoms with van der Waals surface area (Å²) >= 11 is 0. The van der Waals surface area contributed by atoms with Crippen LogP contribution in [0.5, 0.6) is 11.6 Å². The first kappa shape index (κ1) is 18.1. The molecule has 3 rings (SSSR count). The van der Waals surface area contributed by atoms with Crippen molar-refractivity contribution in [1.82, 2.24) is 14.5 Å². The molecule has 1 aromatic carbocycles. The van der Waals surface area contributed by atoms with Crippen LogP contribution in [0, 0.1) is 0 Å². The van der Waals surface area contributed by atoms with E-state index in [0.29, 0.717) is 24.6 Å². The number of carbonyl (C=O) groups is 1. The van der Waals surface area contributed by atoms with Gasteiger partial charge in [-0.15, -0.1) is 5.10 Å². The van der Waals surface area contributed by atoms with E-state index < -0.39 is 15.9 Å². The Labute approximate surface area is 150 Å². The molecule has 2 N–H and O–H groups in total. The van der Waals surface area contributed by atoms with Gasteiger partial charge in [-0.05, 0) is 36.8 Å². The summed E-state index contributed by atoms with van der Waals surface area (Å²) in [6.07, 6.45) is 1.82. The lowest BCUT2D eigenvalue weighted by Gasteiger charge is -2.17. The molecule has 0 unspecified atom stereocenters. The SMILES string of the molecule is NC(=O)COc1ccc(S(=O)(=O)N2CC[C@H](Oc3cccnn3)C2)cc1. The molecule has 1 fully saturated rings. The first-order valence-corrected chi connectivity index (χ1v) is 9.35. The van der Waals surface area contributed by atoms with Gasteiger partial charge >= 0.3 is 0 Å². The highest BCUT2D eigenvalue weighted by Gasteiger charge is 2.33. The molecule has 0 aliphatic carbocycles. The average Bonchev–Trinajstić information content (AvgIpc) is 3.10. The summed E-state index contributed by atoms with van der Waals surface area (Å²) in [4.78, 5) is 10.9. The molecule has 1 amide bonds. The highest BCUT2D eigenvalue weighted by molar-refractivity contribution is 7.89. The van der Waals surface area contributed by atoms with E-state index in [0.717, 1.165) is 0 Å². The lowest BCUT2D eigenvalue weighted by molar-refractivity contribution is -0.119. The van der Waals surface area contributed by atoms with E-state index in [1.807, 2.05) is 0 Å². The van der Waals surface area contributed by atoms with Gasteiger partial charge < -0.3 is 15.2 Å². The van der Waals surface area contributed by atoms with Crippen molar-refractivity contribution >= 4 is 15.9 Å². The van der Waals surface area contributed by atoms with Crippen molar-refractivity contribution in [3.8, 4) is 11.6 Å². The van der Waals surface area contributed by atoms with E-state index in [1.54, 1.807) is 12.1 Å². The molecular weight excluding hydrogens is 360 g/mol. The molecule has 1 atom stereocenters. The number of carbonyl (C=O) groups excluding carboxylic acids is 1. The van der Waals surface area contributed by atoms with Crippen molar-refractivity contribution < 1.29 is 22.7 Å². The summed E-state index contributed by atoms with van der Waals surface area (Å²) in [5.41, 5.74) is 5.00. The molecule has 9 nitrogen and oxygen atoms in total. The number of nitrogens with zero attached hydrogens (tertiary/aromatic N) is 3. The summed E-state index contributed by atoms with van der Waals surface area (Å²) in [5, 5.41) is 7.57. The lowest BCUT2D eigenvalue weighted by Crippen LogP contribution is -2.31. The summed E-state index contributed by atoms with van der Waals surface area (Å²) in [7, 11) is -3.64. The molecule has 138 valence electrons. The predicted molar refractivity (Wildman–Crippen MR) is 91.0 cm³/mol. The molecule has 0 spiro atoms. The minimum Gasteiger partial charge on any atom is -0.484 e. The Balaban J connectivity index is 1.64. The second-order valence-electron chi connectivity index (χ2n) is 5.68. The zero-order chi connectivity index (χ0) is 18.6. The van der Waals surface area contributed by atoms with Crippen LogP contribution in [-0.4, -0.2) is 54.6 Å². The van der Waals surface area contributed by atoms with Crippen molar-refractivity contribution in [2.75, 3.05) is 19.7 Å². The fourth-order valence-electron chi connectivity index (χ4n) is 2.54. The average molecular weight is 378 g/mol. The highest BCUT2D eigenvalue weighted by Crippen LogP contribution is 2.24. The van der Waals surface area contributed by atoms with Gasteiger partial charge in [0.2, 0.25) is 15.9 Å². The van der Waals surface area contributed by atoms with Crippen LogP contribution < -0.4 is 15.2 Å². The van der Waals surface area contributed by atoms with Crippen LogP contribution in [0.4, 0.5) is 0 Å². The summed E-state index contributed by atoms with van der Waals surface area (Å²) in [6.45, 7) is 0.325. The number of aromatic nitrogens is 2. The lowest BCUT2D eigenvalue weighted by atomic mass is 10.3.